The highest BCUT2D eigenvalue weighted by Crippen LogP contribution is 2.29. The van der Waals surface area contributed by atoms with E-state index in [-0.39, 0.29) is 0 Å². The Bertz CT molecular complexity index is 654. The molecule has 4 rings (SSSR count). The fraction of sp³-hybridized carbons (Fsp3) is 0.667. The van der Waals surface area contributed by atoms with E-state index in [1.807, 2.05) is 12.3 Å². The zero-order chi connectivity index (χ0) is 15.6. The molecule has 2 aromatic heterocycles. The third-order valence-corrected chi connectivity index (χ3v) is 5.39. The van der Waals surface area contributed by atoms with Gasteiger partial charge in [0, 0.05) is 31.9 Å². The van der Waals surface area contributed by atoms with E-state index in [2.05, 4.69) is 27.6 Å². The molecular formula is C18H26N4O. The first kappa shape index (κ1) is 15.1. The second-order valence-corrected chi connectivity index (χ2v) is 7.04. The maximum Gasteiger partial charge on any atom is 0.160 e. The van der Waals surface area contributed by atoms with Gasteiger partial charge in [-0.05, 0) is 63.9 Å². The summed E-state index contributed by atoms with van der Waals surface area (Å²) < 4.78 is 7.98. The standard InChI is InChI=1S/C18H26N4O/c1-21-9-4-14(5-10-21)13-17-20-16-3-2-8-19-18(16)22(17)15-6-11-23-12-7-15/h2-3,8,14-15H,4-7,9-13H2,1H3. The van der Waals surface area contributed by atoms with Crippen molar-refractivity contribution < 1.29 is 4.74 Å². The van der Waals surface area contributed by atoms with E-state index in [0.717, 1.165) is 49.6 Å². The van der Waals surface area contributed by atoms with Crippen molar-refractivity contribution in [3.63, 3.8) is 0 Å². The molecule has 0 amide bonds. The highest BCUT2D eigenvalue weighted by molar-refractivity contribution is 5.71. The number of rotatable bonds is 3. The molecule has 2 fully saturated rings. The van der Waals surface area contributed by atoms with E-state index in [1.54, 1.807) is 0 Å². The van der Waals surface area contributed by atoms with Crippen LogP contribution in [0.3, 0.4) is 0 Å². The van der Waals surface area contributed by atoms with E-state index in [9.17, 15) is 0 Å². The van der Waals surface area contributed by atoms with Gasteiger partial charge in [-0.15, -0.1) is 0 Å². The number of pyridine rings is 1. The van der Waals surface area contributed by atoms with Crippen LogP contribution in [0, 0.1) is 5.92 Å². The van der Waals surface area contributed by atoms with Crippen molar-refractivity contribution in [3.05, 3.63) is 24.2 Å². The quantitative estimate of drug-likeness (QED) is 0.873. The Morgan fingerprint density at radius 1 is 1.17 bits per heavy atom. The predicted octanol–water partition coefficient (Wildman–Crippen LogP) is 2.67. The second-order valence-electron chi connectivity index (χ2n) is 7.04. The summed E-state index contributed by atoms with van der Waals surface area (Å²) in [5, 5.41) is 0. The lowest BCUT2D eigenvalue weighted by molar-refractivity contribution is 0.0694. The van der Waals surface area contributed by atoms with Crippen LogP contribution in [0.2, 0.25) is 0 Å². The highest BCUT2D eigenvalue weighted by atomic mass is 16.5. The van der Waals surface area contributed by atoms with E-state index in [4.69, 9.17) is 9.72 Å². The second kappa shape index (κ2) is 6.57. The average Bonchev–Trinajstić information content (AvgIpc) is 2.95. The Hall–Kier alpha value is -1.46. The predicted molar refractivity (Wildman–Crippen MR) is 90.5 cm³/mol. The number of hydrogen-bond acceptors (Lipinski definition) is 4. The summed E-state index contributed by atoms with van der Waals surface area (Å²) in [5.74, 6) is 1.99. The molecule has 0 radical (unpaired) electrons. The number of nitrogens with zero attached hydrogens (tertiary/aromatic N) is 4. The van der Waals surface area contributed by atoms with Crippen molar-refractivity contribution in [2.45, 2.75) is 38.1 Å². The average molecular weight is 314 g/mol. The minimum atomic E-state index is 0.491. The summed E-state index contributed by atoms with van der Waals surface area (Å²) in [4.78, 5) is 12.0. The molecule has 5 nitrogen and oxygen atoms in total. The van der Waals surface area contributed by atoms with Gasteiger partial charge in [0.05, 0.1) is 0 Å². The Morgan fingerprint density at radius 3 is 2.74 bits per heavy atom. The molecule has 0 spiro atoms. The molecule has 2 saturated heterocycles. The van der Waals surface area contributed by atoms with Gasteiger partial charge in [-0.2, -0.15) is 0 Å². The fourth-order valence-electron chi connectivity index (χ4n) is 3.97. The van der Waals surface area contributed by atoms with E-state index in [1.165, 1.54) is 31.8 Å². The molecule has 0 aliphatic carbocycles. The molecule has 2 aliphatic heterocycles. The third kappa shape index (κ3) is 3.12. The first-order valence-electron chi connectivity index (χ1n) is 8.89. The van der Waals surface area contributed by atoms with Crippen LogP contribution >= 0.6 is 0 Å². The van der Waals surface area contributed by atoms with Gasteiger partial charge in [-0.3, -0.25) is 0 Å². The minimum absolute atomic E-state index is 0.491. The Morgan fingerprint density at radius 2 is 1.96 bits per heavy atom. The first-order chi connectivity index (χ1) is 11.3. The summed E-state index contributed by atoms with van der Waals surface area (Å²) in [6.45, 7) is 4.12. The molecule has 2 aromatic rings. The lowest BCUT2D eigenvalue weighted by Gasteiger charge is -2.30. The monoisotopic (exact) mass is 314 g/mol. The molecule has 5 heteroatoms. The molecule has 2 aliphatic rings. The molecule has 124 valence electrons. The van der Waals surface area contributed by atoms with Crippen molar-refractivity contribution in [3.8, 4) is 0 Å². The lowest BCUT2D eigenvalue weighted by Crippen LogP contribution is -2.31. The molecule has 0 N–H and O–H groups in total. The number of aromatic nitrogens is 3. The lowest BCUT2D eigenvalue weighted by atomic mass is 9.93. The number of imidazole rings is 1. The summed E-state index contributed by atoms with van der Waals surface area (Å²) in [5.41, 5.74) is 2.10. The summed E-state index contributed by atoms with van der Waals surface area (Å²) in [6, 6.07) is 4.57. The van der Waals surface area contributed by atoms with Crippen LogP contribution in [0.25, 0.3) is 11.2 Å². The molecule has 4 heterocycles. The van der Waals surface area contributed by atoms with Crippen LogP contribution in [0.1, 0.15) is 37.5 Å². The van der Waals surface area contributed by atoms with Crippen LogP contribution in [0.4, 0.5) is 0 Å². The number of likely N-dealkylation sites (tertiary alicyclic amines) is 1. The zero-order valence-electron chi connectivity index (χ0n) is 13.9. The van der Waals surface area contributed by atoms with Gasteiger partial charge in [-0.1, -0.05) is 0 Å². The van der Waals surface area contributed by atoms with Crippen molar-refractivity contribution in [2.75, 3.05) is 33.4 Å². The van der Waals surface area contributed by atoms with Gasteiger partial charge in [0.1, 0.15) is 11.3 Å². The Labute approximate surface area is 137 Å². The first-order valence-corrected chi connectivity index (χ1v) is 8.89. The van der Waals surface area contributed by atoms with Gasteiger partial charge in [0.2, 0.25) is 0 Å². The van der Waals surface area contributed by atoms with Crippen molar-refractivity contribution in [1.82, 2.24) is 19.4 Å². The van der Waals surface area contributed by atoms with Crippen molar-refractivity contribution in [2.24, 2.45) is 5.92 Å². The van der Waals surface area contributed by atoms with E-state index < -0.39 is 0 Å². The smallest absolute Gasteiger partial charge is 0.160 e. The van der Waals surface area contributed by atoms with Crippen molar-refractivity contribution >= 4 is 11.2 Å². The Balaban J connectivity index is 1.64. The number of piperidine rings is 1. The molecule has 0 unspecified atom stereocenters. The van der Waals surface area contributed by atoms with Crippen LogP contribution in [-0.2, 0) is 11.2 Å². The van der Waals surface area contributed by atoms with Crippen LogP contribution < -0.4 is 0 Å². The molecule has 23 heavy (non-hydrogen) atoms. The summed E-state index contributed by atoms with van der Waals surface area (Å²) in [6.07, 6.45) is 7.67. The topological polar surface area (TPSA) is 43.2 Å². The maximum atomic E-state index is 5.55. The number of hydrogen-bond donors (Lipinski definition) is 0. The maximum absolute atomic E-state index is 5.55. The number of ether oxygens (including phenoxy) is 1. The summed E-state index contributed by atoms with van der Waals surface area (Å²) in [7, 11) is 2.22. The molecule has 0 aromatic carbocycles. The van der Waals surface area contributed by atoms with Gasteiger partial charge in [-0.25, -0.2) is 9.97 Å². The largest absolute Gasteiger partial charge is 0.381 e. The number of fused-ring (bicyclic) bond motifs is 1. The molecular weight excluding hydrogens is 288 g/mol. The normalized spacial score (nSPS) is 22.0. The third-order valence-electron chi connectivity index (χ3n) is 5.39. The van der Waals surface area contributed by atoms with Crippen LogP contribution in [-0.4, -0.2) is 52.8 Å². The van der Waals surface area contributed by atoms with Crippen LogP contribution in [0.15, 0.2) is 18.3 Å². The van der Waals surface area contributed by atoms with Gasteiger partial charge >= 0.3 is 0 Å². The SMILES string of the molecule is CN1CCC(Cc2nc3cccnc3n2C2CCOCC2)CC1. The van der Waals surface area contributed by atoms with Gasteiger partial charge < -0.3 is 14.2 Å². The molecule has 0 atom stereocenters. The molecule has 0 bridgehead atoms. The van der Waals surface area contributed by atoms with Crippen LogP contribution in [0.5, 0.6) is 0 Å². The van der Waals surface area contributed by atoms with E-state index >= 15 is 0 Å². The molecule has 0 saturated carbocycles. The minimum Gasteiger partial charge on any atom is -0.381 e. The van der Waals surface area contributed by atoms with E-state index in [0.29, 0.717) is 6.04 Å². The van der Waals surface area contributed by atoms with Gasteiger partial charge in [0.15, 0.2) is 5.65 Å². The highest BCUT2D eigenvalue weighted by Gasteiger charge is 2.25. The Kier molecular flexibility index (Phi) is 4.31. The zero-order valence-corrected chi connectivity index (χ0v) is 13.9. The van der Waals surface area contributed by atoms with Gasteiger partial charge in [0.25, 0.3) is 0 Å². The van der Waals surface area contributed by atoms with Crippen molar-refractivity contribution in [1.29, 1.82) is 0 Å². The fourth-order valence-corrected chi connectivity index (χ4v) is 3.97. The summed E-state index contributed by atoms with van der Waals surface area (Å²) >= 11 is 0.